The van der Waals surface area contributed by atoms with Gasteiger partial charge >= 0.3 is 0 Å². The molecule has 0 saturated carbocycles. The molecule has 0 aliphatic carbocycles. The molecule has 4 nitrogen and oxygen atoms in total. The number of thiol groups is 1. The molecule has 1 aliphatic rings. The molecule has 1 aromatic rings. The SMILES string of the molecule is Cc1nc2n(n1)CCN(C(C)SS)C2. The molecular weight excluding hydrogens is 216 g/mol. The second kappa shape index (κ2) is 4.12. The summed E-state index contributed by atoms with van der Waals surface area (Å²) in [5.41, 5.74) is 0. The highest BCUT2D eigenvalue weighted by Crippen LogP contribution is 2.22. The molecule has 78 valence electrons. The van der Waals surface area contributed by atoms with Gasteiger partial charge in [0.25, 0.3) is 0 Å². The Morgan fingerprint density at radius 1 is 1.50 bits per heavy atom. The Labute approximate surface area is 92.9 Å². The van der Waals surface area contributed by atoms with E-state index in [9.17, 15) is 0 Å². The van der Waals surface area contributed by atoms with Crippen molar-refractivity contribution in [3.05, 3.63) is 11.6 Å². The zero-order valence-electron chi connectivity index (χ0n) is 8.34. The van der Waals surface area contributed by atoms with Crippen molar-refractivity contribution in [2.75, 3.05) is 6.54 Å². The first-order chi connectivity index (χ1) is 6.70. The molecular formula is C8H14N4S2. The lowest BCUT2D eigenvalue weighted by Gasteiger charge is -2.30. The number of hydrogen-bond donors (Lipinski definition) is 1. The zero-order chi connectivity index (χ0) is 10.1. The zero-order valence-corrected chi connectivity index (χ0v) is 10.1. The van der Waals surface area contributed by atoms with Gasteiger partial charge in [0, 0.05) is 6.54 Å². The van der Waals surface area contributed by atoms with Crippen molar-refractivity contribution in [3.63, 3.8) is 0 Å². The second-order valence-electron chi connectivity index (χ2n) is 3.47. The predicted octanol–water partition coefficient (Wildman–Crippen LogP) is 1.33. The summed E-state index contributed by atoms with van der Waals surface area (Å²) in [6, 6.07) is 0. The molecule has 1 unspecified atom stereocenters. The summed E-state index contributed by atoms with van der Waals surface area (Å²) in [6.45, 7) is 6.96. The predicted molar refractivity (Wildman–Crippen MR) is 61.2 cm³/mol. The fraction of sp³-hybridized carbons (Fsp3) is 0.750. The van der Waals surface area contributed by atoms with Gasteiger partial charge in [0.15, 0.2) is 0 Å². The van der Waals surface area contributed by atoms with Crippen molar-refractivity contribution in [1.29, 1.82) is 0 Å². The third kappa shape index (κ3) is 1.92. The average molecular weight is 230 g/mol. The Bertz CT molecular complexity index is 325. The molecule has 0 amide bonds. The van der Waals surface area contributed by atoms with Crippen LogP contribution in [-0.4, -0.2) is 31.6 Å². The number of rotatable bonds is 2. The van der Waals surface area contributed by atoms with Crippen molar-refractivity contribution < 1.29 is 0 Å². The molecule has 1 aromatic heterocycles. The van der Waals surface area contributed by atoms with Crippen LogP contribution in [0.15, 0.2) is 0 Å². The average Bonchev–Trinajstić information content (AvgIpc) is 2.55. The molecule has 1 atom stereocenters. The minimum Gasteiger partial charge on any atom is -0.282 e. The van der Waals surface area contributed by atoms with E-state index < -0.39 is 0 Å². The van der Waals surface area contributed by atoms with Gasteiger partial charge < -0.3 is 0 Å². The molecule has 0 fully saturated rings. The second-order valence-corrected chi connectivity index (χ2v) is 5.00. The van der Waals surface area contributed by atoms with E-state index in [0.29, 0.717) is 5.37 Å². The highest BCUT2D eigenvalue weighted by atomic mass is 33.1. The van der Waals surface area contributed by atoms with E-state index in [2.05, 4.69) is 33.6 Å². The van der Waals surface area contributed by atoms with Crippen LogP contribution in [0, 0.1) is 6.92 Å². The van der Waals surface area contributed by atoms with E-state index in [1.165, 1.54) is 0 Å². The van der Waals surface area contributed by atoms with Crippen LogP contribution >= 0.6 is 22.5 Å². The summed E-state index contributed by atoms with van der Waals surface area (Å²) in [6.07, 6.45) is 0. The van der Waals surface area contributed by atoms with Crippen molar-refractivity contribution >= 4 is 22.5 Å². The van der Waals surface area contributed by atoms with Gasteiger partial charge in [-0.25, -0.2) is 9.67 Å². The Kier molecular flexibility index (Phi) is 3.04. The van der Waals surface area contributed by atoms with Gasteiger partial charge in [-0.05, 0) is 13.8 Å². The smallest absolute Gasteiger partial charge is 0.147 e. The Balaban J connectivity index is 2.12. The van der Waals surface area contributed by atoms with Crippen molar-refractivity contribution in [1.82, 2.24) is 19.7 Å². The lowest BCUT2D eigenvalue weighted by atomic mass is 10.3. The molecule has 2 rings (SSSR count). The summed E-state index contributed by atoms with van der Waals surface area (Å²) < 4.78 is 2.00. The Morgan fingerprint density at radius 2 is 2.29 bits per heavy atom. The molecule has 0 bridgehead atoms. The molecule has 14 heavy (non-hydrogen) atoms. The fourth-order valence-electron chi connectivity index (χ4n) is 1.66. The van der Waals surface area contributed by atoms with E-state index in [1.807, 2.05) is 11.6 Å². The number of aromatic nitrogens is 3. The van der Waals surface area contributed by atoms with Crippen LogP contribution in [0.25, 0.3) is 0 Å². The summed E-state index contributed by atoms with van der Waals surface area (Å²) in [7, 11) is 1.58. The van der Waals surface area contributed by atoms with Gasteiger partial charge in [-0.2, -0.15) is 5.10 Å². The minimum atomic E-state index is 0.434. The molecule has 2 heterocycles. The first-order valence-electron chi connectivity index (χ1n) is 4.65. The number of aryl methyl sites for hydroxylation is 1. The summed E-state index contributed by atoms with van der Waals surface area (Å²) in [5.74, 6) is 1.94. The van der Waals surface area contributed by atoms with Gasteiger partial charge in [0.05, 0.1) is 18.5 Å². The molecule has 6 heteroatoms. The molecule has 0 N–H and O–H groups in total. The summed E-state index contributed by atoms with van der Waals surface area (Å²) in [4.78, 5) is 6.76. The van der Waals surface area contributed by atoms with Crippen LogP contribution in [0.5, 0.6) is 0 Å². The number of hydrogen-bond acceptors (Lipinski definition) is 5. The quantitative estimate of drug-likeness (QED) is 0.614. The lowest BCUT2D eigenvalue weighted by molar-refractivity contribution is 0.204. The first kappa shape index (κ1) is 10.3. The Morgan fingerprint density at radius 3 is 3.00 bits per heavy atom. The monoisotopic (exact) mass is 230 g/mol. The highest BCUT2D eigenvalue weighted by molar-refractivity contribution is 8.68. The van der Waals surface area contributed by atoms with Gasteiger partial charge in [-0.3, -0.25) is 4.90 Å². The molecule has 0 radical (unpaired) electrons. The van der Waals surface area contributed by atoms with Crippen LogP contribution in [0.4, 0.5) is 0 Å². The lowest BCUT2D eigenvalue weighted by Crippen LogP contribution is -2.38. The maximum Gasteiger partial charge on any atom is 0.147 e. The Hall–Kier alpha value is -0.200. The van der Waals surface area contributed by atoms with Crippen LogP contribution in [0.1, 0.15) is 18.6 Å². The maximum absolute atomic E-state index is 4.39. The topological polar surface area (TPSA) is 34.0 Å². The van der Waals surface area contributed by atoms with E-state index >= 15 is 0 Å². The van der Waals surface area contributed by atoms with Gasteiger partial charge in [-0.1, -0.05) is 10.8 Å². The van der Waals surface area contributed by atoms with Crippen LogP contribution in [-0.2, 0) is 13.1 Å². The van der Waals surface area contributed by atoms with E-state index in [1.54, 1.807) is 10.8 Å². The minimum absolute atomic E-state index is 0.434. The standard InChI is InChI=1S/C8H14N4S2/c1-6-9-8-5-11(7(2)14-13)3-4-12(8)10-6/h7,13H,3-5H2,1-2H3. The van der Waals surface area contributed by atoms with Gasteiger partial charge in [0.2, 0.25) is 0 Å². The van der Waals surface area contributed by atoms with Crippen LogP contribution in [0.3, 0.4) is 0 Å². The van der Waals surface area contributed by atoms with E-state index in [-0.39, 0.29) is 0 Å². The van der Waals surface area contributed by atoms with Gasteiger partial charge in [-0.15, -0.1) is 11.7 Å². The van der Waals surface area contributed by atoms with Crippen molar-refractivity contribution in [3.8, 4) is 0 Å². The summed E-state index contributed by atoms with van der Waals surface area (Å²) in [5, 5.41) is 4.76. The molecule has 0 saturated heterocycles. The van der Waals surface area contributed by atoms with E-state index in [4.69, 9.17) is 0 Å². The van der Waals surface area contributed by atoms with Crippen molar-refractivity contribution in [2.24, 2.45) is 0 Å². The third-order valence-electron chi connectivity index (χ3n) is 2.46. The summed E-state index contributed by atoms with van der Waals surface area (Å²) >= 11 is 4.23. The first-order valence-corrected chi connectivity index (χ1v) is 6.58. The largest absolute Gasteiger partial charge is 0.282 e. The third-order valence-corrected chi connectivity index (χ3v) is 3.98. The molecule has 0 aromatic carbocycles. The van der Waals surface area contributed by atoms with Crippen molar-refractivity contribution in [2.45, 2.75) is 32.3 Å². The molecule has 0 spiro atoms. The van der Waals surface area contributed by atoms with Crippen LogP contribution in [0.2, 0.25) is 0 Å². The molecule has 1 aliphatic heterocycles. The number of fused-ring (bicyclic) bond motifs is 1. The maximum atomic E-state index is 4.39. The number of nitrogens with zero attached hydrogens (tertiary/aromatic N) is 4. The van der Waals surface area contributed by atoms with Crippen LogP contribution < -0.4 is 0 Å². The normalized spacial score (nSPS) is 19.4. The fourth-order valence-corrected chi connectivity index (χ4v) is 2.37. The highest BCUT2D eigenvalue weighted by Gasteiger charge is 2.22. The van der Waals surface area contributed by atoms with Gasteiger partial charge in [0.1, 0.15) is 11.6 Å². The van der Waals surface area contributed by atoms with E-state index in [0.717, 1.165) is 31.3 Å².